The van der Waals surface area contributed by atoms with Gasteiger partial charge in [-0.25, -0.2) is 0 Å². The molecular formula is C20H26N2O4. The molecule has 2 aromatic carbocycles. The number of carbonyl (C=O) groups excluding carboxylic acids is 1. The Morgan fingerprint density at radius 1 is 1.08 bits per heavy atom. The first-order chi connectivity index (χ1) is 12.4. The van der Waals surface area contributed by atoms with Crippen molar-refractivity contribution in [1.29, 1.82) is 0 Å². The third kappa shape index (κ3) is 5.75. The largest absolute Gasteiger partial charge is 0.504 e. The van der Waals surface area contributed by atoms with E-state index in [0.29, 0.717) is 30.6 Å². The number of amides is 1. The topological polar surface area (TPSA) is 102 Å². The average molecular weight is 358 g/mol. The second-order valence-electron chi connectivity index (χ2n) is 6.48. The second-order valence-corrected chi connectivity index (χ2v) is 6.48. The first-order valence-electron chi connectivity index (χ1n) is 8.65. The normalized spacial score (nSPS) is 13.2. The van der Waals surface area contributed by atoms with Crippen LogP contribution >= 0.6 is 0 Å². The molecule has 5 N–H and O–H groups in total. The predicted octanol–water partition coefficient (Wildman–Crippen LogP) is 2.24. The smallest absolute Gasteiger partial charge is 0.251 e. The minimum absolute atomic E-state index is 0.0914. The van der Waals surface area contributed by atoms with Gasteiger partial charge in [0.1, 0.15) is 0 Å². The van der Waals surface area contributed by atoms with Crippen LogP contribution in [0.4, 0.5) is 0 Å². The van der Waals surface area contributed by atoms with E-state index in [1.807, 2.05) is 26.0 Å². The number of aliphatic hydroxyl groups excluding tert-OH is 1. The van der Waals surface area contributed by atoms with Gasteiger partial charge >= 0.3 is 0 Å². The molecule has 6 nitrogen and oxygen atoms in total. The number of aliphatic hydroxyl groups is 1. The van der Waals surface area contributed by atoms with Crippen molar-refractivity contribution in [3.05, 3.63) is 59.2 Å². The van der Waals surface area contributed by atoms with Crippen LogP contribution in [0.3, 0.4) is 0 Å². The third-order valence-electron chi connectivity index (χ3n) is 4.22. The fourth-order valence-electron chi connectivity index (χ4n) is 2.49. The number of rotatable bonds is 8. The fraction of sp³-hybridized carbons (Fsp3) is 0.350. The van der Waals surface area contributed by atoms with Gasteiger partial charge in [0.15, 0.2) is 11.5 Å². The average Bonchev–Trinajstić information content (AvgIpc) is 2.62. The molecule has 0 fully saturated rings. The van der Waals surface area contributed by atoms with E-state index >= 15 is 0 Å². The quantitative estimate of drug-likeness (QED) is 0.466. The summed E-state index contributed by atoms with van der Waals surface area (Å²) in [5, 5.41) is 35.0. The van der Waals surface area contributed by atoms with Gasteiger partial charge in [-0.1, -0.05) is 23.8 Å². The van der Waals surface area contributed by atoms with Crippen LogP contribution < -0.4 is 10.6 Å². The van der Waals surface area contributed by atoms with E-state index in [1.165, 1.54) is 12.1 Å². The molecule has 2 rings (SSSR count). The molecule has 26 heavy (non-hydrogen) atoms. The van der Waals surface area contributed by atoms with Crippen molar-refractivity contribution in [3.8, 4) is 11.5 Å². The molecule has 0 aliphatic rings. The number of hydrogen-bond acceptors (Lipinski definition) is 5. The minimum atomic E-state index is -0.800. The van der Waals surface area contributed by atoms with Crippen molar-refractivity contribution in [1.82, 2.24) is 10.6 Å². The van der Waals surface area contributed by atoms with Crippen LogP contribution in [0.1, 0.15) is 40.9 Å². The molecule has 140 valence electrons. The van der Waals surface area contributed by atoms with E-state index in [4.69, 9.17) is 0 Å². The molecule has 0 spiro atoms. The van der Waals surface area contributed by atoms with Crippen molar-refractivity contribution in [2.45, 2.75) is 32.4 Å². The molecule has 0 aliphatic heterocycles. The molecule has 2 unspecified atom stereocenters. The third-order valence-corrected chi connectivity index (χ3v) is 4.22. The van der Waals surface area contributed by atoms with Crippen molar-refractivity contribution in [2.75, 3.05) is 13.1 Å². The van der Waals surface area contributed by atoms with Gasteiger partial charge in [0.2, 0.25) is 0 Å². The lowest BCUT2D eigenvalue weighted by molar-refractivity contribution is 0.0951. The molecule has 0 aliphatic carbocycles. The summed E-state index contributed by atoms with van der Waals surface area (Å²) in [6.07, 6.45) is -0.0865. The number of aryl methyl sites for hydroxylation is 1. The number of benzene rings is 2. The second kappa shape index (κ2) is 9.22. The van der Waals surface area contributed by atoms with Gasteiger partial charge in [0.05, 0.1) is 6.10 Å². The molecular weight excluding hydrogens is 332 g/mol. The van der Waals surface area contributed by atoms with Gasteiger partial charge in [0.25, 0.3) is 5.91 Å². The Kier molecular flexibility index (Phi) is 7.00. The van der Waals surface area contributed by atoms with E-state index in [-0.39, 0.29) is 23.4 Å². The molecule has 0 heterocycles. The number of carbonyl (C=O) groups is 1. The highest BCUT2D eigenvalue weighted by atomic mass is 16.3. The van der Waals surface area contributed by atoms with E-state index in [1.54, 1.807) is 18.2 Å². The first-order valence-corrected chi connectivity index (χ1v) is 8.65. The van der Waals surface area contributed by atoms with Gasteiger partial charge in [0, 0.05) is 24.7 Å². The number of hydrogen-bond donors (Lipinski definition) is 5. The van der Waals surface area contributed by atoms with Crippen LogP contribution in [0.5, 0.6) is 11.5 Å². The summed E-state index contributed by atoms with van der Waals surface area (Å²) in [5.74, 6) is -0.572. The molecule has 6 heteroatoms. The minimum Gasteiger partial charge on any atom is -0.504 e. The molecule has 2 atom stereocenters. The zero-order valence-corrected chi connectivity index (χ0v) is 15.1. The SMILES string of the molecule is Cc1ccc(C(=O)NCCC(C)NCC(O)c2ccc(O)c(O)c2)cc1. The van der Waals surface area contributed by atoms with E-state index < -0.39 is 6.10 Å². The Labute approximate surface area is 153 Å². The Morgan fingerprint density at radius 3 is 2.42 bits per heavy atom. The molecule has 1 amide bonds. The maximum absolute atomic E-state index is 12.0. The fourth-order valence-corrected chi connectivity index (χ4v) is 2.49. The van der Waals surface area contributed by atoms with Gasteiger partial charge in [-0.05, 0) is 50.1 Å². The highest BCUT2D eigenvalue weighted by Crippen LogP contribution is 2.27. The summed E-state index contributed by atoms with van der Waals surface area (Å²) >= 11 is 0. The monoisotopic (exact) mass is 358 g/mol. The maximum atomic E-state index is 12.0. The number of nitrogens with one attached hydrogen (secondary N) is 2. The van der Waals surface area contributed by atoms with Crippen LogP contribution in [0.15, 0.2) is 42.5 Å². The summed E-state index contributed by atoms with van der Waals surface area (Å²) < 4.78 is 0. The predicted molar refractivity (Wildman–Crippen MR) is 100 cm³/mol. The van der Waals surface area contributed by atoms with E-state index in [9.17, 15) is 20.1 Å². The molecule has 0 saturated heterocycles. The molecule has 0 radical (unpaired) electrons. The Morgan fingerprint density at radius 2 is 1.77 bits per heavy atom. The summed E-state index contributed by atoms with van der Waals surface area (Å²) in [4.78, 5) is 12.0. The first kappa shape index (κ1) is 19.8. The van der Waals surface area contributed by atoms with Gasteiger partial charge in [-0.3, -0.25) is 4.79 Å². The van der Waals surface area contributed by atoms with Gasteiger partial charge < -0.3 is 26.0 Å². The Balaban J connectivity index is 1.71. The highest BCUT2D eigenvalue weighted by molar-refractivity contribution is 5.94. The Hall–Kier alpha value is -2.57. The summed E-state index contributed by atoms with van der Waals surface area (Å²) in [6.45, 7) is 4.77. The van der Waals surface area contributed by atoms with E-state index in [2.05, 4.69) is 10.6 Å². The van der Waals surface area contributed by atoms with E-state index in [0.717, 1.165) is 5.56 Å². The summed E-state index contributed by atoms with van der Waals surface area (Å²) in [5.41, 5.74) is 2.27. The molecule has 0 aromatic heterocycles. The van der Waals surface area contributed by atoms with Crippen molar-refractivity contribution < 1.29 is 20.1 Å². The van der Waals surface area contributed by atoms with Crippen molar-refractivity contribution >= 4 is 5.91 Å². The number of aromatic hydroxyl groups is 2. The molecule has 0 bridgehead atoms. The molecule has 0 saturated carbocycles. The van der Waals surface area contributed by atoms with Gasteiger partial charge in [-0.2, -0.15) is 0 Å². The van der Waals surface area contributed by atoms with Crippen LogP contribution in [-0.2, 0) is 0 Å². The number of phenols is 2. The van der Waals surface area contributed by atoms with Crippen LogP contribution in [0, 0.1) is 6.92 Å². The Bertz CT molecular complexity index is 731. The standard InChI is InChI=1S/C20H26N2O4/c1-13-3-5-15(6-4-13)20(26)21-10-9-14(2)22-12-19(25)16-7-8-17(23)18(24)11-16/h3-8,11,14,19,22-25H,9-10,12H2,1-2H3,(H,21,26). The van der Waals surface area contributed by atoms with Gasteiger partial charge in [-0.15, -0.1) is 0 Å². The highest BCUT2D eigenvalue weighted by Gasteiger charge is 2.12. The zero-order valence-electron chi connectivity index (χ0n) is 15.1. The lowest BCUT2D eigenvalue weighted by atomic mass is 10.1. The lowest BCUT2D eigenvalue weighted by Crippen LogP contribution is -2.34. The number of phenolic OH excluding ortho intramolecular Hbond substituents is 2. The summed E-state index contributed by atoms with van der Waals surface area (Å²) in [6, 6.07) is 11.8. The van der Waals surface area contributed by atoms with Crippen LogP contribution in [0.2, 0.25) is 0 Å². The van der Waals surface area contributed by atoms with Crippen LogP contribution in [-0.4, -0.2) is 40.4 Å². The zero-order chi connectivity index (χ0) is 19.1. The lowest BCUT2D eigenvalue weighted by Gasteiger charge is -2.18. The van der Waals surface area contributed by atoms with Crippen molar-refractivity contribution in [3.63, 3.8) is 0 Å². The molecule has 2 aromatic rings. The van der Waals surface area contributed by atoms with Crippen molar-refractivity contribution in [2.24, 2.45) is 0 Å². The maximum Gasteiger partial charge on any atom is 0.251 e. The van der Waals surface area contributed by atoms with Crippen LogP contribution in [0.25, 0.3) is 0 Å². The summed E-state index contributed by atoms with van der Waals surface area (Å²) in [7, 11) is 0.